The molecule has 0 aliphatic heterocycles. The molecule has 3 rings (SSSR count). The summed E-state index contributed by atoms with van der Waals surface area (Å²) in [7, 11) is 0. The highest BCUT2D eigenvalue weighted by Gasteiger charge is 2.31. The number of fused-ring (bicyclic) bond motifs is 1. The van der Waals surface area contributed by atoms with E-state index in [0.717, 1.165) is 23.2 Å². The molecule has 0 spiro atoms. The van der Waals surface area contributed by atoms with Crippen LogP contribution >= 0.6 is 0 Å². The van der Waals surface area contributed by atoms with Gasteiger partial charge < -0.3 is 10.1 Å². The van der Waals surface area contributed by atoms with E-state index in [-0.39, 0.29) is 11.3 Å². The van der Waals surface area contributed by atoms with Crippen LogP contribution in [-0.4, -0.2) is 17.3 Å². The fraction of sp³-hybridized carbons (Fsp3) is 0.111. The molecule has 0 saturated carbocycles. The summed E-state index contributed by atoms with van der Waals surface area (Å²) in [4.78, 5) is 16.8. The molecule has 0 atom stereocenters. The second-order valence-corrected chi connectivity index (χ2v) is 5.36. The van der Waals surface area contributed by atoms with E-state index in [1.807, 2.05) is 25.1 Å². The zero-order valence-corrected chi connectivity index (χ0v) is 13.1. The van der Waals surface area contributed by atoms with E-state index in [4.69, 9.17) is 0 Å². The summed E-state index contributed by atoms with van der Waals surface area (Å²) in [6, 6.07) is 13.9. The summed E-state index contributed by atoms with van der Waals surface area (Å²) >= 11 is 0. The van der Waals surface area contributed by atoms with E-state index >= 15 is 0 Å². The number of alkyl halides is 3. The van der Waals surface area contributed by atoms with E-state index in [0.29, 0.717) is 11.2 Å². The Labute approximate surface area is 141 Å². The lowest BCUT2D eigenvalue weighted by molar-refractivity contribution is -0.274. The molecular weight excluding hydrogens is 333 g/mol. The molecule has 128 valence electrons. The molecule has 0 bridgehead atoms. The molecule has 1 N–H and O–H groups in total. The maximum Gasteiger partial charge on any atom is 0.573 e. The van der Waals surface area contributed by atoms with Crippen LogP contribution in [-0.2, 0) is 0 Å². The molecule has 4 nitrogen and oxygen atoms in total. The number of rotatable bonds is 3. The topological polar surface area (TPSA) is 51.2 Å². The Hall–Kier alpha value is -3.09. The van der Waals surface area contributed by atoms with E-state index in [2.05, 4.69) is 15.0 Å². The van der Waals surface area contributed by atoms with Crippen molar-refractivity contribution in [3.8, 4) is 5.75 Å². The van der Waals surface area contributed by atoms with Gasteiger partial charge in [0, 0.05) is 16.6 Å². The van der Waals surface area contributed by atoms with Crippen LogP contribution in [0.15, 0.2) is 54.6 Å². The van der Waals surface area contributed by atoms with Crippen molar-refractivity contribution < 1.29 is 22.7 Å². The van der Waals surface area contributed by atoms with Gasteiger partial charge in [0.25, 0.3) is 5.91 Å². The second-order valence-electron chi connectivity index (χ2n) is 5.36. The lowest BCUT2D eigenvalue weighted by atomic mass is 10.1. The molecule has 0 unspecified atom stereocenters. The normalized spacial score (nSPS) is 11.4. The minimum Gasteiger partial charge on any atom is -0.406 e. The molecule has 1 amide bonds. The summed E-state index contributed by atoms with van der Waals surface area (Å²) < 4.78 is 40.3. The van der Waals surface area contributed by atoms with Crippen LogP contribution in [0.25, 0.3) is 10.9 Å². The quantitative estimate of drug-likeness (QED) is 0.748. The largest absolute Gasteiger partial charge is 0.573 e. The van der Waals surface area contributed by atoms with Gasteiger partial charge in [-0.25, -0.2) is 0 Å². The van der Waals surface area contributed by atoms with E-state index in [1.54, 1.807) is 12.1 Å². The van der Waals surface area contributed by atoms with Crippen LogP contribution < -0.4 is 10.1 Å². The Kier molecular flexibility index (Phi) is 4.31. The first-order valence-corrected chi connectivity index (χ1v) is 7.35. The van der Waals surface area contributed by atoms with Crippen LogP contribution in [0.5, 0.6) is 5.75 Å². The lowest BCUT2D eigenvalue weighted by Crippen LogP contribution is -2.17. The van der Waals surface area contributed by atoms with Gasteiger partial charge in [-0.3, -0.25) is 9.78 Å². The third kappa shape index (κ3) is 4.06. The standard InChI is InChI=1S/C18H13F3N2O2/c1-11-5-6-12-3-2-4-15(16(12)22-11)23-17(24)13-7-9-14(10-8-13)25-18(19,20)21/h2-10H,1H3,(H,23,24). The number of benzene rings is 2. The van der Waals surface area contributed by atoms with Gasteiger partial charge in [0.15, 0.2) is 0 Å². The van der Waals surface area contributed by atoms with Crippen molar-refractivity contribution in [2.75, 3.05) is 5.32 Å². The number of anilines is 1. The summed E-state index contributed by atoms with van der Waals surface area (Å²) in [6.07, 6.45) is -4.77. The van der Waals surface area contributed by atoms with Gasteiger partial charge >= 0.3 is 6.36 Å². The van der Waals surface area contributed by atoms with Gasteiger partial charge in [-0.15, -0.1) is 13.2 Å². The minimum absolute atomic E-state index is 0.208. The number of hydrogen-bond donors (Lipinski definition) is 1. The Morgan fingerprint density at radius 3 is 2.44 bits per heavy atom. The fourth-order valence-corrected chi connectivity index (χ4v) is 2.35. The number of pyridine rings is 1. The first kappa shape index (κ1) is 16.8. The number of amides is 1. The van der Waals surface area contributed by atoms with Crippen LogP contribution in [0.3, 0.4) is 0 Å². The highest BCUT2D eigenvalue weighted by Crippen LogP contribution is 2.24. The number of ether oxygens (including phenoxy) is 1. The molecule has 1 aromatic heterocycles. The lowest BCUT2D eigenvalue weighted by Gasteiger charge is -2.10. The molecule has 3 aromatic rings. The van der Waals surface area contributed by atoms with Crippen LogP contribution in [0.2, 0.25) is 0 Å². The predicted molar refractivity (Wildman–Crippen MR) is 87.6 cm³/mol. The van der Waals surface area contributed by atoms with Gasteiger partial charge in [0.05, 0.1) is 11.2 Å². The molecule has 0 saturated heterocycles. The summed E-state index contributed by atoms with van der Waals surface area (Å²) in [5.41, 5.74) is 2.19. The van der Waals surface area contributed by atoms with E-state index in [9.17, 15) is 18.0 Å². The number of nitrogens with one attached hydrogen (secondary N) is 1. The molecule has 0 aliphatic rings. The average Bonchev–Trinajstić information content (AvgIpc) is 2.54. The number of carbonyl (C=O) groups excluding carboxylic acids is 1. The molecule has 1 heterocycles. The number of nitrogens with zero attached hydrogens (tertiary/aromatic N) is 1. The summed E-state index contributed by atoms with van der Waals surface area (Å²) in [6.45, 7) is 1.84. The number of para-hydroxylation sites is 1. The Morgan fingerprint density at radius 1 is 1.04 bits per heavy atom. The highest BCUT2D eigenvalue weighted by molar-refractivity contribution is 6.08. The minimum atomic E-state index is -4.77. The van der Waals surface area contributed by atoms with Crippen molar-refractivity contribution in [1.29, 1.82) is 0 Å². The maximum absolute atomic E-state index is 12.3. The zero-order valence-electron chi connectivity index (χ0n) is 13.1. The van der Waals surface area contributed by atoms with Crippen molar-refractivity contribution in [3.05, 3.63) is 65.9 Å². The van der Waals surface area contributed by atoms with Gasteiger partial charge in [0.1, 0.15) is 5.75 Å². The van der Waals surface area contributed by atoms with Crippen molar-refractivity contribution >= 4 is 22.5 Å². The third-order valence-corrected chi connectivity index (χ3v) is 3.46. The van der Waals surface area contributed by atoms with E-state index in [1.165, 1.54) is 12.1 Å². The monoisotopic (exact) mass is 346 g/mol. The zero-order chi connectivity index (χ0) is 18.0. The summed E-state index contributed by atoms with van der Waals surface area (Å²) in [5, 5.41) is 3.60. The van der Waals surface area contributed by atoms with Crippen molar-refractivity contribution in [3.63, 3.8) is 0 Å². The number of aromatic nitrogens is 1. The molecule has 0 aliphatic carbocycles. The Balaban J connectivity index is 1.82. The Bertz CT molecular complexity index is 922. The van der Waals surface area contributed by atoms with Crippen molar-refractivity contribution in [1.82, 2.24) is 4.98 Å². The number of hydrogen-bond acceptors (Lipinski definition) is 3. The van der Waals surface area contributed by atoms with Gasteiger partial charge in [0.2, 0.25) is 0 Å². The highest BCUT2D eigenvalue weighted by atomic mass is 19.4. The molecular formula is C18H13F3N2O2. The number of aryl methyl sites for hydroxylation is 1. The Morgan fingerprint density at radius 2 is 1.76 bits per heavy atom. The fourth-order valence-electron chi connectivity index (χ4n) is 2.35. The SMILES string of the molecule is Cc1ccc2cccc(NC(=O)c3ccc(OC(F)(F)F)cc3)c2n1. The first-order valence-electron chi connectivity index (χ1n) is 7.35. The van der Waals surface area contributed by atoms with Crippen LogP contribution in [0.4, 0.5) is 18.9 Å². The van der Waals surface area contributed by atoms with E-state index < -0.39 is 12.3 Å². The van der Waals surface area contributed by atoms with Crippen molar-refractivity contribution in [2.24, 2.45) is 0 Å². The van der Waals surface area contributed by atoms with Crippen molar-refractivity contribution in [2.45, 2.75) is 13.3 Å². The number of halogens is 3. The van der Waals surface area contributed by atoms with Gasteiger partial charge in [-0.2, -0.15) is 0 Å². The van der Waals surface area contributed by atoms with Gasteiger partial charge in [-0.1, -0.05) is 18.2 Å². The first-order chi connectivity index (χ1) is 11.8. The second kappa shape index (κ2) is 6.43. The summed E-state index contributed by atoms with van der Waals surface area (Å²) in [5.74, 6) is -0.833. The molecule has 25 heavy (non-hydrogen) atoms. The third-order valence-electron chi connectivity index (χ3n) is 3.46. The maximum atomic E-state index is 12.3. The van der Waals surface area contributed by atoms with Crippen LogP contribution in [0, 0.1) is 6.92 Å². The average molecular weight is 346 g/mol. The molecule has 2 aromatic carbocycles. The molecule has 0 fully saturated rings. The number of carbonyl (C=O) groups is 1. The molecule has 7 heteroatoms. The van der Waals surface area contributed by atoms with Gasteiger partial charge in [-0.05, 0) is 43.3 Å². The smallest absolute Gasteiger partial charge is 0.406 e. The molecule has 0 radical (unpaired) electrons. The van der Waals surface area contributed by atoms with Crippen LogP contribution in [0.1, 0.15) is 16.1 Å². The predicted octanol–water partition coefficient (Wildman–Crippen LogP) is 4.69.